The van der Waals surface area contributed by atoms with Gasteiger partial charge in [-0.15, -0.1) is 11.3 Å². The highest BCUT2D eigenvalue weighted by Gasteiger charge is 2.18. The van der Waals surface area contributed by atoms with Crippen molar-refractivity contribution < 1.29 is 0 Å². The van der Waals surface area contributed by atoms with Gasteiger partial charge in [0, 0.05) is 20.2 Å². The molecule has 12 aromatic carbocycles. The third-order valence-electron chi connectivity index (χ3n) is 12.5. The van der Waals surface area contributed by atoms with Crippen molar-refractivity contribution in [1.29, 1.82) is 0 Å². The molecule has 0 saturated carbocycles. The van der Waals surface area contributed by atoms with Crippen LogP contribution < -0.4 is 0 Å². The second-order valence-corrected chi connectivity index (χ2v) is 16.7. The van der Waals surface area contributed by atoms with Crippen molar-refractivity contribution in [3.05, 3.63) is 194 Å². The quantitative estimate of drug-likeness (QED) is 0.158. The Kier molecular flexibility index (Phi) is 6.41. The average molecular weight is 737 g/mol. The normalized spacial score (nSPS) is 12.2. The maximum atomic E-state index is 2.43. The average Bonchev–Trinajstić information content (AvgIpc) is 3.65. The summed E-state index contributed by atoms with van der Waals surface area (Å²) < 4.78 is 2.65. The van der Waals surface area contributed by atoms with Gasteiger partial charge in [0.05, 0.1) is 0 Å². The molecule has 262 valence electrons. The predicted octanol–water partition coefficient (Wildman–Crippen LogP) is 16.5. The molecule has 0 nitrogen and oxygen atoms in total. The second kappa shape index (κ2) is 11.7. The van der Waals surface area contributed by atoms with Gasteiger partial charge in [-0.2, -0.15) is 0 Å². The number of rotatable bonds is 4. The van der Waals surface area contributed by atoms with Crippen molar-refractivity contribution in [2.45, 2.75) is 0 Å². The van der Waals surface area contributed by atoms with Gasteiger partial charge in [0.2, 0.25) is 0 Å². The molecular formula is C56H32S. The van der Waals surface area contributed by atoms with E-state index in [1.54, 1.807) is 0 Å². The Morgan fingerprint density at radius 2 is 0.719 bits per heavy atom. The minimum Gasteiger partial charge on any atom is -0.135 e. The van der Waals surface area contributed by atoms with Crippen LogP contribution in [0.25, 0.3) is 129 Å². The van der Waals surface area contributed by atoms with Crippen LogP contribution in [0.5, 0.6) is 0 Å². The molecule has 1 heteroatoms. The molecule has 0 bridgehead atoms. The Labute approximate surface area is 333 Å². The van der Waals surface area contributed by atoms with E-state index in [9.17, 15) is 0 Å². The van der Waals surface area contributed by atoms with Crippen LogP contribution in [-0.4, -0.2) is 0 Å². The Morgan fingerprint density at radius 3 is 1.40 bits per heavy atom. The lowest BCUT2D eigenvalue weighted by Crippen LogP contribution is -1.92. The van der Waals surface area contributed by atoms with Crippen LogP contribution in [0.1, 0.15) is 0 Å². The molecule has 57 heavy (non-hydrogen) atoms. The van der Waals surface area contributed by atoms with Crippen molar-refractivity contribution >= 4 is 96.1 Å². The standard InChI is InChI=1S/C56H32S/c1-2-12-45(46-25-20-38-18-16-34-8-6-10-36-22-27-49(46)56(38)54(34)36)43(11-1)41-29-40(39-23-28-52-50(32-39)47-13-3-4-14-51(47)57-52)30-42(31-41)44-24-19-37-17-15-33-7-5-9-35-21-26-48(44)55(37)53(33)35/h1-32H. The third-order valence-corrected chi connectivity index (χ3v) is 13.7. The van der Waals surface area contributed by atoms with E-state index in [1.165, 1.54) is 129 Å². The molecule has 1 aromatic heterocycles. The zero-order chi connectivity index (χ0) is 37.2. The van der Waals surface area contributed by atoms with Crippen molar-refractivity contribution in [3.63, 3.8) is 0 Å². The van der Waals surface area contributed by atoms with Crippen LogP contribution in [0.15, 0.2) is 194 Å². The zero-order valence-electron chi connectivity index (χ0n) is 30.9. The maximum absolute atomic E-state index is 2.43. The van der Waals surface area contributed by atoms with Gasteiger partial charge >= 0.3 is 0 Å². The van der Waals surface area contributed by atoms with Crippen LogP contribution in [0, 0.1) is 0 Å². The van der Waals surface area contributed by atoms with Crippen molar-refractivity contribution in [2.24, 2.45) is 0 Å². The summed E-state index contributed by atoms with van der Waals surface area (Å²) in [5.41, 5.74) is 9.88. The molecule has 0 aliphatic heterocycles. The van der Waals surface area contributed by atoms with Gasteiger partial charge < -0.3 is 0 Å². The topological polar surface area (TPSA) is 0 Å². The minimum absolute atomic E-state index is 1.21. The fourth-order valence-electron chi connectivity index (χ4n) is 9.94. The largest absolute Gasteiger partial charge is 0.135 e. The zero-order valence-corrected chi connectivity index (χ0v) is 31.7. The van der Waals surface area contributed by atoms with Crippen LogP contribution >= 0.6 is 11.3 Å². The molecule has 0 unspecified atom stereocenters. The summed E-state index contributed by atoms with van der Waals surface area (Å²) in [6, 6.07) is 73.1. The third kappa shape index (κ3) is 4.55. The highest BCUT2D eigenvalue weighted by Crippen LogP contribution is 2.46. The molecule has 0 aliphatic rings. The maximum Gasteiger partial charge on any atom is 0.0355 e. The van der Waals surface area contributed by atoms with E-state index in [0.717, 1.165) is 0 Å². The van der Waals surface area contributed by atoms with Crippen LogP contribution in [0.2, 0.25) is 0 Å². The van der Waals surface area contributed by atoms with Crippen LogP contribution in [0.4, 0.5) is 0 Å². The molecule has 0 spiro atoms. The van der Waals surface area contributed by atoms with E-state index >= 15 is 0 Å². The van der Waals surface area contributed by atoms with Crippen molar-refractivity contribution in [2.75, 3.05) is 0 Å². The Bertz CT molecular complexity index is 3720. The van der Waals surface area contributed by atoms with Gasteiger partial charge in [-0.25, -0.2) is 0 Å². The first-order chi connectivity index (χ1) is 28.2. The summed E-state index contributed by atoms with van der Waals surface area (Å²) in [5, 5.41) is 18.3. The second-order valence-electron chi connectivity index (χ2n) is 15.6. The summed E-state index contributed by atoms with van der Waals surface area (Å²) in [5.74, 6) is 0. The Hall–Kier alpha value is -7.06. The van der Waals surface area contributed by atoms with Crippen LogP contribution in [0.3, 0.4) is 0 Å². The van der Waals surface area contributed by atoms with E-state index in [0.29, 0.717) is 0 Å². The molecule has 0 N–H and O–H groups in total. The molecular weight excluding hydrogens is 705 g/mol. The molecule has 0 radical (unpaired) electrons. The van der Waals surface area contributed by atoms with Crippen molar-refractivity contribution in [1.82, 2.24) is 0 Å². The van der Waals surface area contributed by atoms with E-state index in [4.69, 9.17) is 0 Å². The molecule has 0 aliphatic carbocycles. The molecule has 13 aromatic rings. The number of hydrogen-bond acceptors (Lipinski definition) is 1. The summed E-state index contributed by atoms with van der Waals surface area (Å²) in [6.45, 7) is 0. The number of hydrogen-bond donors (Lipinski definition) is 0. The lowest BCUT2D eigenvalue weighted by molar-refractivity contribution is 1.58. The summed E-state index contributed by atoms with van der Waals surface area (Å²) in [4.78, 5) is 0. The number of benzene rings is 12. The number of thiophene rings is 1. The smallest absolute Gasteiger partial charge is 0.0355 e. The first kappa shape index (κ1) is 31.2. The summed E-state index contributed by atoms with van der Waals surface area (Å²) in [6.07, 6.45) is 0. The van der Waals surface area contributed by atoms with Gasteiger partial charge in [-0.05, 0) is 146 Å². The Balaban J connectivity index is 1.08. The van der Waals surface area contributed by atoms with Crippen LogP contribution in [-0.2, 0) is 0 Å². The summed E-state index contributed by atoms with van der Waals surface area (Å²) >= 11 is 1.87. The molecule has 0 saturated heterocycles. The molecule has 0 amide bonds. The first-order valence-corrected chi connectivity index (χ1v) is 20.6. The minimum atomic E-state index is 1.21. The predicted molar refractivity (Wildman–Crippen MR) is 248 cm³/mol. The fraction of sp³-hybridized carbons (Fsp3) is 0. The Morgan fingerprint density at radius 1 is 0.228 bits per heavy atom. The van der Waals surface area contributed by atoms with Gasteiger partial charge in [0.15, 0.2) is 0 Å². The van der Waals surface area contributed by atoms with E-state index < -0.39 is 0 Å². The van der Waals surface area contributed by atoms with Gasteiger partial charge in [0.1, 0.15) is 0 Å². The number of fused-ring (bicyclic) bond motifs is 3. The molecule has 0 atom stereocenters. The van der Waals surface area contributed by atoms with Crippen molar-refractivity contribution in [3.8, 4) is 44.5 Å². The SMILES string of the molecule is c1ccc(-c2ccc3ccc4cccc5ccc2c3c45)c(-c2cc(-c3ccc4sc5ccccc5c4c3)cc(-c3ccc4ccc5cccc6ccc3c4c56)c2)c1. The fourth-order valence-corrected chi connectivity index (χ4v) is 11.0. The lowest BCUT2D eigenvalue weighted by atomic mass is 9.85. The van der Waals surface area contributed by atoms with E-state index in [2.05, 4.69) is 194 Å². The highest BCUT2D eigenvalue weighted by atomic mass is 32.1. The van der Waals surface area contributed by atoms with Gasteiger partial charge in [-0.3, -0.25) is 0 Å². The van der Waals surface area contributed by atoms with Gasteiger partial charge in [-0.1, -0.05) is 158 Å². The first-order valence-electron chi connectivity index (χ1n) is 19.7. The summed E-state index contributed by atoms with van der Waals surface area (Å²) in [7, 11) is 0. The highest BCUT2D eigenvalue weighted by molar-refractivity contribution is 7.25. The molecule has 0 fully saturated rings. The van der Waals surface area contributed by atoms with E-state index in [1.807, 2.05) is 11.3 Å². The van der Waals surface area contributed by atoms with Gasteiger partial charge in [0.25, 0.3) is 0 Å². The lowest BCUT2D eigenvalue weighted by Gasteiger charge is -2.19. The molecule has 1 heterocycles. The molecule has 13 rings (SSSR count). The van der Waals surface area contributed by atoms with E-state index in [-0.39, 0.29) is 0 Å². The monoisotopic (exact) mass is 736 g/mol.